The Hall–Kier alpha value is -0.770. The highest BCUT2D eigenvalue weighted by atomic mass is 35.5. The number of aliphatic hydroxyl groups is 1. The highest BCUT2D eigenvalue weighted by molar-refractivity contribution is 6.30. The van der Waals surface area contributed by atoms with Gasteiger partial charge in [0.05, 0.1) is 12.7 Å². The normalized spacial score (nSPS) is 20.3. The highest BCUT2D eigenvalue weighted by Gasteiger charge is 2.19. The van der Waals surface area contributed by atoms with Crippen LogP contribution in [0.25, 0.3) is 0 Å². The number of aliphatic hydroxyl groups excluding tert-OH is 1. The molecule has 3 nitrogen and oxygen atoms in total. The molecule has 0 fully saturated rings. The van der Waals surface area contributed by atoms with E-state index >= 15 is 0 Å². The molecule has 1 aromatic rings. The van der Waals surface area contributed by atoms with Gasteiger partial charge >= 0.3 is 0 Å². The molecule has 4 heteroatoms. The van der Waals surface area contributed by atoms with Crippen molar-refractivity contribution in [1.82, 2.24) is 5.32 Å². The van der Waals surface area contributed by atoms with E-state index in [2.05, 4.69) is 5.32 Å². The first-order valence-corrected chi connectivity index (χ1v) is 7.42. The number of benzene rings is 1. The van der Waals surface area contributed by atoms with Crippen molar-refractivity contribution >= 4 is 11.6 Å². The quantitative estimate of drug-likeness (QED) is 0.871. The average molecular weight is 284 g/mol. The zero-order valence-electron chi connectivity index (χ0n) is 11.4. The lowest BCUT2D eigenvalue weighted by molar-refractivity contribution is 0.158. The molecular formula is C15H22ClNO2. The summed E-state index contributed by atoms with van der Waals surface area (Å²) in [4.78, 5) is 0. The summed E-state index contributed by atoms with van der Waals surface area (Å²) >= 11 is 6.01. The molecule has 1 aromatic carbocycles. The zero-order valence-corrected chi connectivity index (χ0v) is 12.1. The fourth-order valence-electron chi connectivity index (χ4n) is 2.39. The molecule has 2 atom stereocenters. The molecule has 1 heterocycles. The second kappa shape index (κ2) is 7.13. The van der Waals surface area contributed by atoms with Crippen molar-refractivity contribution in [3.05, 3.63) is 28.8 Å². The fraction of sp³-hybridized carbons (Fsp3) is 0.600. The van der Waals surface area contributed by atoms with Gasteiger partial charge in [-0.05, 0) is 44.4 Å². The maximum atomic E-state index is 9.59. The van der Waals surface area contributed by atoms with Gasteiger partial charge in [0.15, 0.2) is 0 Å². The molecule has 0 saturated carbocycles. The van der Waals surface area contributed by atoms with E-state index in [1.54, 1.807) is 0 Å². The lowest BCUT2D eigenvalue weighted by atomic mass is 10.0. The van der Waals surface area contributed by atoms with Crippen LogP contribution < -0.4 is 10.1 Å². The van der Waals surface area contributed by atoms with Crippen LogP contribution >= 0.6 is 11.6 Å². The van der Waals surface area contributed by atoms with Crippen LogP contribution in [0.5, 0.6) is 5.75 Å². The van der Waals surface area contributed by atoms with Crippen LogP contribution in [0.4, 0.5) is 0 Å². The number of ether oxygens (including phenoxy) is 1. The standard InChI is InChI=1S/C15H22ClNO2/c1-2-12(18)7-8-17-14-4-3-9-19-15-10-11(16)5-6-13(14)15/h5-6,10,12,14,17-18H,2-4,7-9H2,1H3. The van der Waals surface area contributed by atoms with Gasteiger partial charge in [0.1, 0.15) is 5.75 Å². The van der Waals surface area contributed by atoms with E-state index in [-0.39, 0.29) is 6.10 Å². The van der Waals surface area contributed by atoms with Gasteiger partial charge in [0, 0.05) is 16.6 Å². The Balaban J connectivity index is 2.01. The van der Waals surface area contributed by atoms with E-state index in [0.717, 1.165) is 44.6 Å². The number of hydrogen-bond donors (Lipinski definition) is 2. The van der Waals surface area contributed by atoms with Crippen molar-refractivity contribution in [1.29, 1.82) is 0 Å². The van der Waals surface area contributed by atoms with E-state index < -0.39 is 0 Å². The van der Waals surface area contributed by atoms with Crippen molar-refractivity contribution in [3.8, 4) is 5.75 Å². The molecule has 19 heavy (non-hydrogen) atoms. The number of rotatable bonds is 5. The topological polar surface area (TPSA) is 41.5 Å². The molecule has 1 aliphatic rings. The van der Waals surface area contributed by atoms with Gasteiger partial charge in [-0.15, -0.1) is 0 Å². The summed E-state index contributed by atoms with van der Waals surface area (Å²) in [6.07, 6.45) is 3.47. The first-order chi connectivity index (χ1) is 9.20. The van der Waals surface area contributed by atoms with Crippen LogP contribution in [-0.2, 0) is 0 Å². The van der Waals surface area contributed by atoms with E-state index in [4.69, 9.17) is 16.3 Å². The highest BCUT2D eigenvalue weighted by Crippen LogP contribution is 2.33. The van der Waals surface area contributed by atoms with Gasteiger partial charge in [0.25, 0.3) is 0 Å². The Labute approximate surface area is 119 Å². The van der Waals surface area contributed by atoms with E-state index in [0.29, 0.717) is 11.1 Å². The molecule has 0 saturated heterocycles. The molecule has 0 bridgehead atoms. The number of nitrogens with one attached hydrogen (secondary N) is 1. The molecule has 0 aliphatic carbocycles. The third-order valence-electron chi connectivity index (χ3n) is 3.59. The second-order valence-electron chi connectivity index (χ2n) is 5.03. The summed E-state index contributed by atoms with van der Waals surface area (Å²) in [6, 6.07) is 6.12. The maximum absolute atomic E-state index is 9.59. The number of fused-ring (bicyclic) bond motifs is 1. The Morgan fingerprint density at radius 2 is 2.37 bits per heavy atom. The number of halogens is 1. The summed E-state index contributed by atoms with van der Waals surface area (Å²) in [5.74, 6) is 0.888. The summed E-state index contributed by atoms with van der Waals surface area (Å²) in [5, 5.41) is 13.8. The van der Waals surface area contributed by atoms with E-state index in [1.807, 2.05) is 25.1 Å². The predicted octanol–water partition coefficient (Wildman–Crippen LogP) is 3.30. The smallest absolute Gasteiger partial charge is 0.125 e. The van der Waals surface area contributed by atoms with Gasteiger partial charge < -0.3 is 15.2 Å². The Morgan fingerprint density at radius 1 is 1.53 bits per heavy atom. The minimum atomic E-state index is -0.209. The predicted molar refractivity (Wildman–Crippen MR) is 77.8 cm³/mol. The van der Waals surface area contributed by atoms with Crippen molar-refractivity contribution in [3.63, 3.8) is 0 Å². The Kier molecular flexibility index (Phi) is 5.49. The molecule has 2 unspecified atom stereocenters. The fourth-order valence-corrected chi connectivity index (χ4v) is 2.55. The molecular weight excluding hydrogens is 262 g/mol. The molecule has 2 rings (SSSR count). The van der Waals surface area contributed by atoms with E-state index in [9.17, 15) is 5.11 Å². The Morgan fingerprint density at radius 3 is 3.16 bits per heavy atom. The minimum Gasteiger partial charge on any atom is -0.493 e. The molecule has 1 aliphatic heterocycles. The molecule has 0 aromatic heterocycles. The Bertz CT molecular complexity index is 411. The largest absolute Gasteiger partial charge is 0.493 e. The van der Waals surface area contributed by atoms with Gasteiger partial charge in [-0.25, -0.2) is 0 Å². The van der Waals surface area contributed by atoms with Gasteiger partial charge in [-0.3, -0.25) is 0 Å². The summed E-state index contributed by atoms with van der Waals surface area (Å²) in [5.41, 5.74) is 1.17. The first kappa shape index (κ1) is 14.6. The third kappa shape index (κ3) is 4.10. The van der Waals surface area contributed by atoms with Crippen LogP contribution in [0.15, 0.2) is 18.2 Å². The molecule has 0 spiro atoms. The molecule has 0 amide bonds. The van der Waals surface area contributed by atoms with Gasteiger partial charge in [-0.1, -0.05) is 24.6 Å². The SMILES string of the molecule is CCC(O)CCNC1CCCOc2cc(Cl)ccc21. The summed E-state index contributed by atoms with van der Waals surface area (Å²) < 4.78 is 5.73. The lowest BCUT2D eigenvalue weighted by Gasteiger charge is -2.19. The molecule has 106 valence electrons. The van der Waals surface area contributed by atoms with E-state index in [1.165, 1.54) is 5.56 Å². The monoisotopic (exact) mass is 283 g/mol. The minimum absolute atomic E-state index is 0.209. The van der Waals surface area contributed by atoms with Crippen molar-refractivity contribution < 1.29 is 9.84 Å². The average Bonchev–Trinajstić information content (AvgIpc) is 2.60. The lowest BCUT2D eigenvalue weighted by Crippen LogP contribution is -2.25. The molecule has 2 N–H and O–H groups in total. The van der Waals surface area contributed by atoms with Crippen LogP contribution in [0.3, 0.4) is 0 Å². The van der Waals surface area contributed by atoms with Crippen molar-refractivity contribution in [2.45, 2.75) is 44.8 Å². The van der Waals surface area contributed by atoms with Gasteiger partial charge in [0.2, 0.25) is 0 Å². The van der Waals surface area contributed by atoms with Crippen molar-refractivity contribution in [2.24, 2.45) is 0 Å². The summed E-state index contributed by atoms with van der Waals surface area (Å²) in [7, 11) is 0. The number of hydrogen-bond acceptors (Lipinski definition) is 3. The first-order valence-electron chi connectivity index (χ1n) is 7.04. The van der Waals surface area contributed by atoms with Crippen molar-refractivity contribution in [2.75, 3.05) is 13.2 Å². The van der Waals surface area contributed by atoms with Gasteiger partial charge in [-0.2, -0.15) is 0 Å². The van der Waals surface area contributed by atoms with Crippen LogP contribution in [0, 0.1) is 0 Å². The maximum Gasteiger partial charge on any atom is 0.125 e. The molecule has 0 radical (unpaired) electrons. The third-order valence-corrected chi connectivity index (χ3v) is 3.82. The van der Waals surface area contributed by atoms with Crippen LogP contribution in [0.2, 0.25) is 5.02 Å². The van der Waals surface area contributed by atoms with Crippen LogP contribution in [-0.4, -0.2) is 24.4 Å². The zero-order chi connectivity index (χ0) is 13.7. The summed E-state index contributed by atoms with van der Waals surface area (Å²) in [6.45, 7) is 3.56. The second-order valence-corrected chi connectivity index (χ2v) is 5.47. The van der Waals surface area contributed by atoms with Crippen LogP contribution in [0.1, 0.15) is 44.2 Å².